The summed E-state index contributed by atoms with van der Waals surface area (Å²) in [7, 11) is 0. The average molecular weight is 232 g/mol. The number of hydrogen-bond donors (Lipinski definition) is 0. The predicted octanol–water partition coefficient (Wildman–Crippen LogP) is 3.58. The Morgan fingerprint density at radius 3 is 2.65 bits per heavy atom. The molecular weight excluding hydrogens is 216 g/mol. The molecule has 0 saturated carbocycles. The van der Waals surface area contributed by atoms with Crippen molar-refractivity contribution in [1.82, 2.24) is 4.98 Å². The van der Waals surface area contributed by atoms with Crippen molar-refractivity contribution >= 4 is 11.3 Å². The molecule has 0 aliphatic heterocycles. The Morgan fingerprint density at radius 1 is 1.41 bits per heavy atom. The molecule has 1 aromatic heterocycles. The van der Waals surface area contributed by atoms with Gasteiger partial charge in [-0.15, -0.1) is 0 Å². The van der Waals surface area contributed by atoms with Crippen molar-refractivity contribution in [3.8, 4) is 0 Å². The van der Waals surface area contributed by atoms with Gasteiger partial charge in [0.2, 0.25) is 0 Å². The van der Waals surface area contributed by atoms with Gasteiger partial charge in [0, 0.05) is 6.07 Å². The summed E-state index contributed by atoms with van der Waals surface area (Å²) in [6, 6.07) is 3.26. The van der Waals surface area contributed by atoms with Crippen LogP contribution in [-0.2, 0) is 0 Å². The Bertz CT molecular complexity index is 461. The minimum absolute atomic E-state index is 0.0467. The van der Waals surface area contributed by atoms with E-state index in [1.54, 1.807) is 6.07 Å². The number of pyridine rings is 1. The molecule has 1 aliphatic rings. The van der Waals surface area contributed by atoms with Crippen LogP contribution in [0.4, 0.5) is 5.69 Å². The summed E-state index contributed by atoms with van der Waals surface area (Å²) in [6.07, 6.45) is 6.71. The lowest BCUT2D eigenvalue weighted by molar-refractivity contribution is -0.385. The Hall–Kier alpha value is -1.71. The van der Waals surface area contributed by atoms with Gasteiger partial charge in [-0.2, -0.15) is 0 Å². The fourth-order valence-corrected chi connectivity index (χ4v) is 1.99. The zero-order valence-corrected chi connectivity index (χ0v) is 10.1. The lowest BCUT2D eigenvalue weighted by atomic mass is 9.78. The largest absolute Gasteiger partial charge is 0.287 e. The van der Waals surface area contributed by atoms with Crippen LogP contribution in [0, 0.1) is 15.5 Å². The molecule has 0 N–H and O–H groups in total. The molecule has 1 heterocycles. The third kappa shape index (κ3) is 2.70. The summed E-state index contributed by atoms with van der Waals surface area (Å²) >= 11 is 0. The zero-order valence-electron chi connectivity index (χ0n) is 10.1. The van der Waals surface area contributed by atoms with Crippen molar-refractivity contribution in [2.45, 2.75) is 33.1 Å². The maximum absolute atomic E-state index is 10.5. The van der Waals surface area contributed by atoms with Crippen LogP contribution in [-0.4, -0.2) is 9.91 Å². The van der Waals surface area contributed by atoms with Gasteiger partial charge in [0.05, 0.1) is 10.6 Å². The topological polar surface area (TPSA) is 56.0 Å². The SMILES string of the molecule is CC1(C)CC=C(c2ccc([N+](=O)[O-])cn2)CC1. The lowest BCUT2D eigenvalue weighted by Gasteiger charge is -2.28. The van der Waals surface area contributed by atoms with E-state index in [9.17, 15) is 10.1 Å². The lowest BCUT2D eigenvalue weighted by Crippen LogP contribution is -2.14. The molecule has 0 amide bonds. The smallest absolute Gasteiger partial charge is 0.258 e. The van der Waals surface area contributed by atoms with Gasteiger partial charge >= 0.3 is 0 Å². The molecule has 0 unspecified atom stereocenters. The molecule has 17 heavy (non-hydrogen) atoms. The van der Waals surface area contributed by atoms with Crippen molar-refractivity contribution in [2.24, 2.45) is 5.41 Å². The first-order valence-corrected chi connectivity index (χ1v) is 5.78. The summed E-state index contributed by atoms with van der Waals surface area (Å²) in [5.41, 5.74) is 2.49. The van der Waals surface area contributed by atoms with Gasteiger partial charge in [-0.1, -0.05) is 19.9 Å². The van der Waals surface area contributed by atoms with Crippen molar-refractivity contribution in [1.29, 1.82) is 0 Å². The minimum Gasteiger partial charge on any atom is -0.258 e. The van der Waals surface area contributed by atoms with Crippen LogP contribution in [0.1, 0.15) is 38.8 Å². The molecule has 2 rings (SSSR count). The molecule has 0 radical (unpaired) electrons. The summed E-state index contributed by atoms with van der Waals surface area (Å²) in [5, 5.41) is 10.5. The van der Waals surface area contributed by atoms with Crippen LogP contribution in [0.2, 0.25) is 0 Å². The van der Waals surface area contributed by atoms with E-state index in [-0.39, 0.29) is 5.69 Å². The summed E-state index contributed by atoms with van der Waals surface area (Å²) < 4.78 is 0. The van der Waals surface area contributed by atoms with Gasteiger partial charge in [-0.3, -0.25) is 10.1 Å². The van der Waals surface area contributed by atoms with Crippen LogP contribution in [0.3, 0.4) is 0 Å². The van der Waals surface area contributed by atoms with E-state index in [1.165, 1.54) is 17.8 Å². The molecule has 4 nitrogen and oxygen atoms in total. The van der Waals surface area contributed by atoms with Gasteiger partial charge < -0.3 is 0 Å². The van der Waals surface area contributed by atoms with Crippen LogP contribution >= 0.6 is 0 Å². The Labute approximate surface area is 101 Å². The molecular formula is C13H16N2O2. The summed E-state index contributed by atoms with van der Waals surface area (Å²) in [6.45, 7) is 4.51. The van der Waals surface area contributed by atoms with E-state index in [0.29, 0.717) is 5.41 Å². The Balaban J connectivity index is 2.19. The summed E-state index contributed by atoms with van der Waals surface area (Å²) in [4.78, 5) is 14.3. The van der Waals surface area contributed by atoms with E-state index in [1.807, 2.05) is 0 Å². The van der Waals surface area contributed by atoms with Gasteiger partial charge in [0.1, 0.15) is 6.20 Å². The van der Waals surface area contributed by atoms with Crippen molar-refractivity contribution in [2.75, 3.05) is 0 Å². The molecule has 1 aliphatic carbocycles. The fourth-order valence-electron chi connectivity index (χ4n) is 1.99. The standard InChI is InChI=1S/C13H16N2O2/c1-13(2)7-5-10(6-8-13)12-4-3-11(9-14-12)15(16)17/h3-5,9H,6-8H2,1-2H3. The van der Waals surface area contributed by atoms with Gasteiger partial charge in [-0.05, 0) is 36.3 Å². The normalized spacial score (nSPS) is 18.6. The van der Waals surface area contributed by atoms with Crippen LogP contribution in [0.15, 0.2) is 24.4 Å². The van der Waals surface area contributed by atoms with Gasteiger partial charge in [-0.25, -0.2) is 4.98 Å². The number of allylic oxidation sites excluding steroid dienone is 2. The van der Waals surface area contributed by atoms with Gasteiger partial charge in [0.25, 0.3) is 5.69 Å². The van der Waals surface area contributed by atoms with Crippen LogP contribution in [0.25, 0.3) is 5.57 Å². The molecule has 1 aromatic rings. The number of nitro groups is 1. The third-order valence-corrected chi connectivity index (χ3v) is 3.26. The van der Waals surface area contributed by atoms with Gasteiger partial charge in [0.15, 0.2) is 0 Å². The van der Waals surface area contributed by atoms with E-state index in [0.717, 1.165) is 25.0 Å². The highest BCUT2D eigenvalue weighted by Gasteiger charge is 2.22. The average Bonchev–Trinajstić information content (AvgIpc) is 2.29. The molecule has 0 saturated heterocycles. The first-order valence-electron chi connectivity index (χ1n) is 5.78. The second-order valence-corrected chi connectivity index (χ2v) is 5.26. The van der Waals surface area contributed by atoms with Crippen molar-refractivity contribution in [3.05, 3.63) is 40.2 Å². The number of rotatable bonds is 2. The molecule has 4 heteroatoms. The molecule has 90 valence electrons. The second kappa shape index (κ2) is 4.28. The Morgan fingerprint density at radius 2 is 2.18 bits per heavy atom. The fraction of sp³-hybridized carbons (Fsp3) is 0.462. The zero-order chi connectivity index (χ0) is 12.5. The highest BCUT2D eigenvalue weighted by molar-refractivity contribution is 5.64. The van der Waals surface area contributed by atoms with E-state index in [4.69, 9.17) is 0 Å². The van der Waals surface area contributed by atoms with E-state index in [2.05, 4.69) is 24.9 Å². The molecule has 0 fully saturated rings. The van der Waals surface area contributed by atoms with E-state index < -0.39 is 4.92 Å². The molecule has 0 aromatic carbocycles. The minimum atomic E-state index is -0.421. The quantitative estimate of drug-likeness (QED) is 0.578. The maximum atomic E-state index is 10.5. The maximum Gasteiger partial charge on any atom is 0.287 e. The number of nitrogens with zero attached hydrogens (tertiary/aromatic N) is 2. The van der Waals surface area contributed by atoms with Crippen molar-refractivity contribution < 1.29 is 4.92 Å². The highest BCUT2D eigenvalue weighted by Crippen LogP contribution is 2.37. The predicted molar refractivity (Wildman–Crippen MR) is 66.5 cm³/mol. The second-order valence-electron chi connectivity index (χ2n) is 5.26. The Kier molecular flexibility index (Phi) is 2.96. The highest BCUT2D eigenvalue weighted by atomic mass is 16.6. The van der Waals surface area contributed by atoms with E-state index >= 15 is 0 Å². The first-order chi connectivity index (χ1) is 7.98. The number of hydrogen-bond acceptors (Lipinski definition) is 3. The van der Waals surface area contributed by atoms with Crippen molar-refractivity contribution in [3.63, 3.8) is 0 Å². The monoisotopic (exact) mass is 232 g/mol. The third-order valence-electron chi connectivity index (χ3n) is 3.26. The van der Waals surface area contributed by atoms with Crippen LogP contribution < -0.4 is 0 Å². The van der Waals surface area contributed by atoms with Crippen LogP contribution in [0.5, 0.6) is 0 Å². The number of aromatic nitrogens is 1. The summed E-state index contributed by atoms with van der Waals surface area (Å²) in [5.74, 6) is 0. The first kappa shape index (κ1) is 11.8. The molecule has 0 bridgehead atoms. The molecule has 0 atom stereocenters. The molecule has 0 spiro atoms.